The number of hydrogen-bond acceptors (Lipinski definition) is 4. The first-order valence-electron chi connectivity index (χ1n) is 6.04. The third-order valence-electron chi connectivity index (χ3n) is 3.63. The van der Waals surface area contributed by atoms with Gasteiger partial charge in [-0.05, 0) is 25.0 Å². The Morgan fingerprint density at radius 3 is 2.39 bits per heavy atom. The third kappa shape index (κ3) is 2.37. The molecule has 0 saturated heterocycles. The fraction of sp³-hybridized carbons (Fsp3) is 0.538. The third-order valence-corrected chi connectivity index (χ3v) is 4.74. The summed E-state index contributed by atoms with van der Waals surface area (Å²) in [4.78, 5) is 0.268. The minimum absolute atomic E-state index is 0.268. The SMILES string of the molecule is COc1cc(S(C)(=O)=O)ccc1C1(N)CCCC1. The maximum atomic E-state index is 11.5. The number of nitrogens with two attached hydrogens (primary N) is 1. The molecular formula is C13H19NO3S. The van der Waals surface area contributed by atoms with Crippen molar-refractivity contribution >= 4 is 9.84 Å². The van der Waals surface area contributed by atoms with E-state index in [1.54, 1.807) is 25.3 Å². The second-order valence-electron chi connectivity index (χ2n) is 5.00. The van der Waals surface area contributed by atoms with Crippen LogP contribution in [0, 0.1) is 0 Å². The molecule has 0 heterocycles. The highest BCUT2D eigenvalue weighted by Gasteiger charge is 2.34. The van der Waals surface area contributed by atoms with E-state index in [0.717, 1.165) is 31.2 Å². The number of rotatable bonds is 3. The quantitative estimate of drug-likeness (QED) is 0.909. The fourth-order valence-corrected chi connectivity index (χ4v) is 3.23. The molecule has 0 amide bonds. The van der Waals surface area contributed by atoms with Crippen LogP contribution in [0.1, 0.15) is 31.2 Å². The van der Waals surface area contributed by atoms with Crippen LogP contribution in [-0.2, 0) is 15.4 Å². The van der Waals surface area contributed by atoms with E-state index in [1.807, 2.05) is 0 Å². The van der Waals surface area contributed by atoms with Crippen molar-refractivity contribution in [2.45, 2.75) is 36.1 Å². The predicted molar refractivity (Wildman–Crippen MR) is 70.4 cm³/mol. The van der Waals surface area contributed by atoms with Crippen LogP contribution in [-0.4, -0.2) is 21.8 Å². The molecule has 0 atom stereocenters. The second-order valence-corrected chi connectivity index (χ2v) is 7.01. The van der Waals surface area contributed by atoms with Crippen LogP contribution >= 0.6 is 0 Å². The number of benzene rings is 1. The number of hydrogen-bond donors (Lipinski definition) is 1. The maximum absolute atomic E-state index is 11.5. The monoisotopic (exact) mass is 269 g/mol. The van der Waals surface area contributed by atoms with Crippen LogP contribution in [0.25, 0.3) is 0 Å². The summed E-state index contributed by atoms with van der Waals surface area (Å²) in [7, 11) is -1.67. The molecule has 100 valence electrons. The molecule has 0 radical (unpaired) electrons. The highest BCUT2D eigenvalue weighted by Crippen LogP contribution is 2.41. The summed E-state index contributed by atoms with van der Waals surface area (Å²) in [5, 5.41) is 0. The van der Waals surface area contributed by atoms with E-state index < -0.39 is 9.84 Å². The lowest BCUT2D eigenvalue weighted by Crippen LogP contribution is -2.33. The Balaban J connectivity index is 2.50. The van der Waals surface area contributed by atoms with Crippen LogP contribution in [0.3, 0.4) is 0 Å². The van der Waals surface area contributed by atoms with Gasteiger partial charge in [-0.2, -0.15) is 0 Å². The van der Waals surface area contributed by atoms with Gasteiger partial charge < -0.3 is 10.5 Å². The molecule has 1 aromatic rings. The molecule has 1 aliphatic rings. The van der Waals surface area contributed by atoms with E-state index in [9.17, 15) is 8.42 Å². The molecule has 5 heteroatoms. The molecular weight excluding hydrogens is 250 g/mol. The summed E-state index contributed by atoms with van der Waals surface area (Å²) in [5.41, 5.74) is 6.92. The summed E-state index contributed by atoms with van der Waals surface area (Å²) >= 11 is 0. The van der Waals surface area contributed by atoms with Crippen molar-refractivity contribution in [1.82, 2.24) is 0 Å². The van der Waals surface area contributed by atoms with Gasteiger partial charge in [0, 0.05) is 17.4 Å². The molecule has 2 rings (SSSR count). The first-order chi connectivity index (χ1) is 8.37. The van der Waals surface area contributed by atoms with Crippen LogP contribution in [0.4, 0.5) is 0 Å². The molecule has 18 heavy (non-hydrogen) atoms. The van der Waals surface area contributed by atoms with E-state index in [-0.39, 0.29) is 10.4 Å². The van der Waals surface area contributed by atoms with Gasteiger partial charge in [-0.1, -0.05) is 18.9 Å². The van der Waals surface area contributed by atoms with Gasteiger partial charge in [0.05, 0.1) is 12.0 Å². The van der Waals surface area contributed by atoms with Crippen molar-refractivity contribution < 1.29 is 13.2 Å². The zero-order valence-electron chi connectivity index (χ0n) is 10.8. The minimum Gasteiger partial charge on any atom is -0.496 e. The van der Waals surface area contributed by atoms with Crippen molar-refractivity contribution in [2.75, 3.05) is 13.4 Å². The van der Waals surface area contributed by atoms with Crippen molar-refractivity contribution in [1.29, 1.82) is 0 Å². The summed E-state index contributed by atoms with van der Waals surface area (Å²) in [6, 6.07) is 4.97. The molecule has 0 aromatic heterocycles. The first-order valence-corrected chi connectivity index (χ1v) is 7.93. The van der Waals surface area contributed by atoms with E-state index >= 15 is 0 Å². The van der Waals surface area contributed by atoms with E-state index in [2.05, 4.69) is 0 Å². The molecule has 0 bridgehead atoms. The lowest BCUT2D eigenvalue weighted by molar-refractivity contribution is 0.378. The fourth-order valence-electron chi connectivity index (χ4n) is 2.59. The van der Waals surface area contributed by atoms with Crippen LogP contribution in [0.2, 0.25) is 0 Å². The molecule has 0 aliphatic heterocycles. The number of methoxy groups -OCH3 is 1. The topological polar surface area (TPSA) is 69.4 Å². The molecule has 0 spiro atoms. The number of ether oxygens (including phenoxy) is 1. The van der Waals surface area contributed by atoms with Gasteiger partial charge in [-0.15, -0.1) is 0 Å². The van der Waals surface area contributed by atoms with Crippen LogP contribution < -0.4 is 10.5 Å². The average Bonchev–Trinajstić information content (AvgIpc) is 2.75. The Labute approximate surface area is 108 Å². The van der Waals surface area contributed by atoms with E-state index in [1.165, 1.54) is 6.26 Å². The van der Waals surface area contributed by atoms with Gasteiger partial charge in [0.1, 0.15) is 5.75 Å². The summed E-state index contributed by atoms with van der Waals surface area (Å²) in [5.74, 6) is 0.572. The Hall–Kier alpha value is -1.07. The molecule has 0 unspecified atom stereocenters. The van der Waals surface area contributed by atoms with Gasteiger partial charge in [-0.3, -0.25) is 0 Å². The van der Waals surface area contributed by atoms with E-state index in [4.69, 9.17) is 10.5 Å². The van der Waals surface area contributed by atoms with Gasteiger partial charge in [-0.25, -0.2) is 8.42 Å². The van der Waals surface area contributed by atoms with Crippen molar-refractivity contribution in [3.05, 3.63) is 23.8 Å². The normalized spacial score (nSPS) is 18.8. The van der Waals surface area contributed by atoms with Crippen molar-refractivity contribution in [3.63, 3.8) is 0 Å². The Morgan fingerprint density at radius 2 is 1.89 bits per heavy atom. The zero-order valence-corrected chi connectivity index (χ0v) is 11.6. The number of sulfone groups is 1. The molecule has 1 aromatic carbocycles. The Morgan fingerprint density at radius 1 is 1.28 bits per heavy atom. The summed E-state index contributed by atoms with van der Waals surface area (Å²) in [6.07, 6.45) is 5.24. The van der Waals surface area contributed by atoms with E-state index in [0.29, 0.717) is 5.75 Å². The lowest BCUT2D eigenvalue weighted by atomic mass is 9.89. The first kappa shape index (κ1) is 13.4. The van der Waals surface area contributed by atoms with Gasteiger partial charge in [0.2, 0.25) is 0 Å². The zero-order chi connectivity index (χ0) is 13.4. The van der Waals surface area contributed by atoms with Crippen LogP contribution in [0.5, 0.6) is 5.75 Å². The molecule has 1 fully saturated rings. The summed E-state index contributed by atoms with van der Waals surface area (Å²) < 4.78 is 28.4. The van der Waals surface area contributed by atoms with Crippen molar-refractivity contribution in [2.24, 2.45) is 5.73 Å². The highest BCUT2D eigenvalue weighted by atomic mass is 32.2. The van der Waals surface area contributed by atoms with Crippen molar-refractivity contribution in [3.8, 4) is 5.75 Å². The van der Waals surface area contributed by atoms with Crippen LogP contribution in [0.15, 0.2) is 23.1 Å². The largest absolute Gasteiger partial charge is 0.496 e. The van der Waals surface area contributed by atoms with Gasteiger partial charge >= 0.3 is 0 Å². The lowest BCUT2D eigenvalue weighted by Gasteiger charge is -2.26. The predicted octanol–water partition coefficient (Wildman–Crippen LogP) is 1.83. The molecule has 1 saturated carbocycles. The Kier molecular flexibility index (Phi) is 3.38. The molecule has 1 aliphatic carbocycles. The minimum atomic E-state index is -3.22. The molecule has 2 N–H and O–H groups in total. The highest BCUT2D eigenvalue weighted by molar-refractivity contribution is 7.90. The average molecular weight is 269 g/mol. The molecule has 4 nitrogen and oxygen atoms in total. The maximum Gasteiger partial charge on any atom is 0.175 e. The van der Waals surface area contributed by atoms with Gasteiger partial charge in [0.25, 0.3) is 0 Å². The second kappa shape index (κ2) is 4.55. The standard InChI is InChI=1S/C13H19NO3S/c1-17-12-9-10(18(2,15)16)5-6-11(12)13(14)7-3-4-8-13/h5-6,9H,3-4,7-8,14H2,1-2H3. The summed E-state index contributed by atoms with van der Waals surface area (Å²) in [6.45, 7) is 0. The Bertz CT molecular complexity index is 545. The van der Waals surface area contributed by atoms with Gasteiger partial charge in [0.15, 0.2) is 9.84 Å². The smallest absolute Gasteiger partial charge is 0.175 e.